The Morgan fingerprint density at radius 1 is 1.54 bits per heavy atom. The number of aliphatic hydroxyl groups excluding tert-OH is 1. The van der Waals surface area contributed by atoms with Gasteiger partial charge in [-0.3, -0.25) is 4.79 Å². The highest BCUT2D eigenvalue weighted by Crippen LogP contribution is 1.93. The molecule has 0 spiro atoms. The second-order valence-corrected chi connectivity index (χ2v) is 2.62. The van der Waals surface area contributed by atoms with Gasteiger partial charge in [0.05, 0.1) is 12.9 Å². The van der Waals surface area contributed by atoms with Crippen molar-refractivity contribution >= 4 is 11.2 Å². The Kier molecular flexibility index (Phi) is 1.82. The van der Waals surface area contributed by atoms with Gasteiger partial charge in [0.25, 0.3) is 11.2 Å². The normalized spacial score (nSPS) is 10.8. The van der Waals surface area contributed by atoms with Crippen molar-refractivity contribution in [3.8, 4) is 0 Å². The third-order valence-corrected chi connectivity index (χ3v) is 1.81. The van der Waals surface area contributed by atoms with Crippen LogP contribution in [0.4, 0.5) is 0 Å². The number of hydrogen-bond acceptors (Lipinski definition) is 3. The van der Waals surface area contributed by atoms with Crippen LogP contribution in [0.2, 0.25) is 0 Å². The summed E-state index contributed by atoms with van der Waals surface area (Å²) in [4.78, 5) is 20.6. The molecule has 13 heavy (non-hydrogen) atoms. The lowest BCUT2D eigenvalue weighted by Crippen LogP contribution is -2.37. The zero-order valence-electron chi connectivity index (χ0n) is 6.82. The van der Waals surface area contributed by atoms with Crippen molar-refractivity contribution < 1.29 is 9.67 Å². The van der Waals surface area contributed by atoms with E-state index in [0.717, 1.165) is 0 Å². The van der Waals surface area contributed by atoms with Crippen LogP contribution in [0.25, 0.3) is 11.2 Å². The number of aromatic nitrogens is 4. The molecule has 0 amide bonds. The molecule has 0 fully saturated rings. The van der Waals surface area contributed by atoms with Crippen LogP contribution in [0, 0.1) is 0 Å². The van der Waals surface area contributed by atoms with Crippen molar-refractivity contribution in [3.63, 3.8) is 0 Å². The van der Waals surface area contributed by atoms with Gasteiger partial charge in [-0.15, -0.1) is 0 Å². The number of rotatable bonds is 2. The van der Waals surface area contributed by atoms with E-state index in [0.29, 0.717) is 17.7 Å². The summed E-state index contributed by atoms with van der Waals surface area (Å²) in [6.07, 6.45) is 2.95. The fourth-order valence-corrected chi connectivity index (χ4v) is 1.25. The zero-order valence-corrected chi connectivity index (χ0v) is 6.82. The summed E-state index contributed by atoms with van der Waals surface area (Å²) >= 11 is 0. The summed E-state index contributed by atoms with van der Waals surface area (Å²) in [7, 11) is 0. The molecule has 68 valence electrons. The van der Waals surface area contributed by atoms with Gasteiger partial charge in [0, 0.05) is 0 Å². The first-order chi connectivity index (χ1) is 6.33. The molecular weight excluding hydrogens is 172 g/mol. The number of hydrogen-bond donors (Lipinski definition) is 3. The maximum atomic E-state index is 11.3. The van der Waals surface area contributed by atoms with Crippen molar-refractivity contribution in [2.24, 2.45) is 0 Å². The molecule has 0 aliphatic rings. The quantitative estimate of drug-likeness (QED) is 0.494. The lowest BCUT2D eigenvalue weighted by molar-refractivity contribution is -0.673. The lowest BCUT2D eigenvalue weighted by atomic mass is 10.5. The van der Waals surface area contributed by atoms with Crippen molar-refractivity contribution in [3.05, 3.63) is 23.0 Å². The van der Waals surface area contributed by atoms with Gasteiger partial charge in [0.1, 0.15) is 6.54 Å². The third-order valence-electron chi connectivity index (χ3n) is 1.81. The summed E-state index contributed by atoms with van der Waals surface area (Å²) < 4.78 is 1.63. The van der Waals surface area contributed by atoms with Gasteiger partial charge in [-0.25, -0.2) is 9.55 Å². The van der Waals surface area contributed by atoms with Gasteiger partial charge in [0.2, 0.25) is 6.33 Å². The molecule has 2 aromatic rings. The largest absolute Gasteiger partial charge is 0.392 e. The Bertz CT molecular complexity index is 473. The highest BCUT2D eigenvalue weighted by Gasteiger charge is 2.13. The third kappa shape index (κ3) is 1.20. The molecule has 0 aliphatic heterocycles. The minimum absolute atomic E-state index is 0.00798. The predicted molar refractivity (Wildman–Crippen MR) is 44.0 cm³/mol. The molecule has 0 unspecified atom stereocenters. The lowest BCUT2D eigenvalue weighted by Gasteiger charge is -1.90. The fourth-order valence-electron chi connectivity index (χ4n) is 1.25. The summed E-state index contributed by atoms with van der Waals surface area (Å²) in [6, 6.07) is 0. The molecule has 2 heterocycles. The maximum absolute atomic E-state index is 11.3. The van der Waals surface area contributed by atoms with Crippen LogP contribution in [-0.2, 0) is 6.54 Å². The smallest absolute Gasteiger partial charge is 0.302 e. The van der Waals surface area contributed by atoms with E-state index < -0.39 is 0 Å². The first-order valence-corrected chi connectivity index (χ1v) is 3.88. The number of nitrogens with zero attached hydrogens (tertiary/aromatic N) is 2. The van der Waals surface area contributed by atoms with E-state index in [-0.39, 0.29) is 12.2 Å². The zero-order chi connectivity index (χ0) is 9.26. The van der Waals surface area contributed by atoms with Crippen molar-refractivity contribution in [1.82, 2.24) is 15.0 Å². The van der Waals surface area contributed by atoms with Crippen LogP contribution in [0.1, 0.15) is 0 Å². The van der Waals surface area contributed by atoms with Gasteiger partial charge in [-0.05, 0) is 0 Å². The average molecular weight is 181 g/mol. The molecule has 2 aromatic heterocycles. The van der Waals surface area contributed by atoms with Crippen molar-refractivity contribution in [2.75, 3.05) is 6.61 Å². The van der Waals surface area contributed by atoms with Gasteiger partial charge in [-0.1, -0.05) is 0 Å². The van der Waals surface area contributed by atoms with E-state index in [9.17, 15) is 4.79 Å². The fraction of sp³-hybridized carbons (Fsp3) is 0.286. The highest BCUT2D eigenvalue weighted by molar-refractivity contribution is 5.63. The summed E-state index contributed by atoms with van der Waals surface area (Å²) in [5, 5.41) is 8.72. The van der Waals surface area contributed by atoms with Crippen LogP contribution < -0.4 is 10.1 Å². The molecule has 0 saturated heterocycles. The topological polar surface area (TPSA) is 85.7 Å². The Labute approximate surface area is 72.9 Å². The SMILES string of the molecule is O=c1[nH]cnc2[nH]c[n+](CCO)c12. The number of aromatic amines is 2. The minimum atomic E-state index is -0.209. The summed E-state index contributed by atoms with van der Waals surface area (Å²) in [5.74, 6) is 0. The Morgan fingerprint density at radius 3 is 3.15 bits per heavy atom. The van der Waals surface area contributed by atoms with E-state index >= 15 is 0 Å². The molecule has 2 rings (SSSR count). The Balaban J connectivity index is 2.71. The second kappa shape index (κ2) is 2.98. The van der Waals surface area contributed by atoms with Crippen LogP contribution in [0.3, 0.4) is 0 Å². The minimum Gasteiger partial charge on any atom is -0.392 e. The van der Waals surface area contributed by atoms with Crippen molar-refractivity contribution in [1.29, 1.82) is 0 Å². The molecule has 0 aliphatic carbocycles. The molecule has 6 nitrogen and oxygen atoms in total. The molecular formula is C7H9N4O2+. The summed E-state index contributed by atoms with van der Waals surface area (Å²) in [5.41, 5.74) is 0.772. The first-order valence-electron chi connectivity index (χ1n) is 3.88. The standard InChI is InChI=1S/C7H8N4O2/c12-2-1-11-4-10-6-5(11)7(13)9-3-8-6/h3-4,12H,1-2H2,(H,8,9,13)/p+1. The number of imidazole rings is 1. The highest BCUT2D eigenvalue weighted by atomic mass is 16.3. The van der Waals surface area contributed by atoms with Gasteiger partial charge in [0.15, 0.2) is 0 Å². The molecule has 0 atom stereocenters. The molecule has 6 heteroatoms. The van der Waals surface area contributed by atoms with Crippen molar-refractivity contribution in [2.45, 2.75) is 6.54 Å². The van der Waals surface area contributed by atoms with E-state index in [1.807, 2.05) is 0 Å². The average Bonchev–Trinajstić information content (AvgIpc) is 2.51. The number of nitrogens with one attached hydrogen (secondary N) is 2. The van der Waals surface area contributed by atoms with Crippen LogP contribution in [0.5, 0.6) is 0 Å². The van der Waals surface area contributed by atoms with Gasteiger partial charge < -0.3 is 10.1 Å². The molecule has 0 saturated carbocycles. The maximum Gasteiger partial charge on any atom is 0.302 e. The monoisotopic (exact) mass is 181 g/mol. The second-order valence-electron chi connectivity index (χ2n) is 2.62. The van der Waals surface area contributed by atoms with E-state index in [1.165, 1.54) is 6.33 Å². The first kappa shape index (κ1) is 7.93. The molecule has 3 N–H and O–H groups in total. The Morgan fingerprint density at radius 2 is 2.38 bits per heavy atom. The number of aliphatic hydroxyl groups is 1. The number of H-pyrrole nitrogens is 2. The van der Waals surface area contributed by atoms with Crippen LogP contribution in [-0.4, -0.2) is 26.7 Å². The van der Waals surface area contributed by atoms with Gasteiger partial charge >= 0.3 is 5.56 Å². The van der Waals surface area contributed by atoms with E-state index in [4.69, 9.17) is 5.11 Å². The molecule has 0 aromatic carbocycles. The molecule has 0 bridgehead atoms. The number of fused-ring (bicyclic) bond motifs is 1. The van der Waals surface area contributed by atoms with Crippen LogP contribution >= 0.6 is 0 Å². The summed E-state index contributed by atoms with van der Waals surface area (Å²) in [6.45, 7) is 0.376. The Hall–Kier alpha value is -1.69. The van der Waals surface area contributed by atoms with Crippen LogP contribution in [0.15, 0.2) is 17.4 Å². The predicted octanol–water partition coefficient (Wildman–Crippen LogP) is -1.47. The molecule has 0 radical (unpaired) electrons. The van der Waals surface area contributed by atoms with E-state index in [2.05, 4.69) is 15.0 Å². The van der Waals surface area contributed by atoms with E-state index in [1.54, 1.807) is 10.9 Å². The van der Waals surface area contributed by atoms with Gasteiger partial charge in [-0.2, -0.15) is 4.98 Å².